The normalized spacial score (nSPS) is 12.4. The number of thioether (sulfide) groups is 1. The van der Waals surface area contributed by atoms with Crippen molar-refractivity contribution < 1.29 is 0 Å². The predicted octanol–water partition coefficient (Wildman–Crippen LogP) is 3.15. The van der Waals surface area contributed by atoms with E-state index < -0.39 is 0 Å². The van der Waals surface area contributed by atoms with Crippen LogP contribution in [-0.4, -0.2) is 22.8 Å². The Morgan fingerprint density at radius 2 is 1.89 bits per heavy atom. The third-order valence-corrected chi connectivity index (χ3v) is 3.93. The van der Waals surface area contributed by atoms with Crippen LogP contribution in [-0.2, 0) is 0 Å². The molecule has 1 heterocycles. The Balaban J connectivity index is 2.01. The van der Waals surface area contributed by atoms with Crippen molar-refractivity contribution in [3.8, 4) is 0 Å². The van der Waals surface area contributed by atoms with Crippen LogP contribution in [0.25, 0.3) is 0 Å². The Morgan fingerprint density at radius 1 is 1.16 bits per heavy atom. The van der Waals surface area contributed by atoms with Gasteiger partial charge < -0.3 is 5.32 Å². The van der Waals surface area contributed by atoms with Crippen molar-refractivity contribution >= 4 is 11.8 Å². The van der Waals surface area contributed by atoms with E-state index in [0.717, 1.165) is 16.6 Å². The molecule has 1 unspecified atom stereocenters. The van der Waals surface area contributed by atoms with Crippen molar-refractivity contribution in [2.24, 2.45) is 0 Å². The van der Waals surface area contributed by atoms with Crippen LogP contribution >= 0.6 is 11.8 Å². The van der Waals surface area contributed by atoms with Crippen LogP contribution in [0.2, 0.25) is 0 Å². The lowest BCUT2D eigenvalue weighted by molar-refractivity contribution is 0.660. The van der Waals surface area contributed by atoms with E-state index in [4.69, 9.17) is 0 Å². The fourth-order valence-corrected chi connectivity index (χ4v) is 2.82. The van der Waals surface area contributed by atoms with E-state index in [1.165, 1.54) is 11.1 Å². The van der Waals surface area contributed by atoms with Crippen LogP contribution in [0, 0.1) is 13.8 Å². The van der Waals surface area contributed by atoms with Gasteiger partial charge in [0.25, 0.3) is 0 Å². The second-order valence-corrected chi connectivity index (χ2v) is 5.53. The summed E-state index contributed by atoms with van der Waals surface area (Å²) in [5, 5.41) is 4.19. The van der Waals surface area contributed by atoms with E-state index in [-0.39, 0.29) is 0 Å². The standard InChI is InChI=1S/C15H19N3S/c1-11-4-6-13(7-5-11)14(16-3)10-19-15-17-9-8-12(2)18-15/h4-9,14,16H,10H2,1-3H3. The molecular formula is C15H19N3S. The Kier molecular flexibility index (Phi) is 4.93. The summed E-state index contributed by atoms with van der Waals surface area (Å²) in [4.78, 5) is 8.69. The monoisotopic (exact) mass is 273 g/mol. The van der Waals surface area contributed by atoms with Gasteiger partial charge in [-0.3, -0.25) is 0 Å². The van der Waals surface area contributed by atoms with Gasteiger partial charge in [0.1, 0.15) is 0 Å². The highest BCUT2D eigenvalue weighted by atomic mass is 32.2. The second kappa shape index (κ2) is 6.68. The van der Waals surface area contributed by atoms with Crippen molar-refractivity contribution in [2.45, 2.75) is 25.0 Å². The summed E-state index contributed by atoms with van der Waals surface area (Å²) < 4.78 is 0. The molecule has 2 rings (SSSR count). The molecule has 19 heavy (non-hydrogen) atoms. The molecule has 0 saturated carbocycles. The highest BCUT2D eigenvalue weighted by Gasteiger charge is 2.10. The SMILES string of the molecule is CNC(CSc1nccc(C)n1)c1ccc(C)cc1. The molecule has 1 atom stereocenters. The summed E-state index contributed by atoms with van der Waals surface area (Å²) in [7, 11) is 1.99. The number of hydrogen-bond donors (Lipinski definition) is 1. The predicted molar refractivity (Wildman–Crippen MR) is 80.5 cm³/mol. The van der Waals surface area contributed by atoms with Gasteiger partial charge in [0.05, 0.1) is 0 Å². The molecule has 100 valence electrons. The van der Waals surface area contributed by atoms with Crippen LogP contribution in [0.15, 0.2) is 41.7 Å². The molecule has 1 aromatic heterocycles. The first-order valence-corrected chi connectivity index (χ1v) is 7.34. The minimum absolute atomic E-state index is 0.315. The van der Waals surface area contributed by atoms with Crippen LogP contribution in [0.3, 0.4) is 0 Å². The van der Waals surface area contributed by atoms with Gasteiger partial charge in [0, 0.05) is 23.7 Å². The number of hydrogen-bond acceptors (Lipinski definition) is 4. The number of nitrogens with zero attached hydrogens (tertiary/aromatic N) is 2. The van der Waals surface area contributed by atoms with Gasteiger partial charge in [-0.05, 0) is 32.5 Å². The summed E-state index contributed by atoms with van der Waals surface area (Å²) in [6, 6.07) is 10.9. The van der Waals surface area contributed by atoms with Crippen LogP contribution in [0.1, 0.15) is 22.9 Å². The molecule has 4 heteroatoms. The van der Waals surface area contributed by atoms with Crippen molar-refractivity contribution in [3.05, 3.63) is 53.3 Å². The topological polar surface area (TPSA) is 37.8 Å². The van der Waals surface area contributed by atoms with Gasteiger partial charge in [-0.1, -0.05) is 41.6 Å². The van der Waals surface area contributed by atoms with E-state index in [0.29, 0.717) is 6.04 Å². The maximum Gasteiger partial charge on any atom is 0.187 e. The molecule has 1 aromatic carbocycles. The average Bonchev–Trinajstić information content (AvgIpc) is 2.41. The third kappa shape index (κ3) is 4.04. The molecule has 0 aliphatic heterocycles. The molecule has 0 fully saturated rings. The van der Waals surface area contributed by atoms with Gasteiger partial charge in [-0.25, -0.2) is 9.97 Å². The van der Waals surface area contributed by atoms with E-state index in [9.17, 15) is 0 Å². The zero-order valence-electron chi connectivity index (χ0n) is 11.6. The number of benzene rings is 1. The maximum absolute atomic E-state index is 4.41. The maximum atomic E-state index is 4.41. The summed E-state index contributed by atoms with van der Waals surface area (Å²) in [5.41, 5.74) is 3.59. The third-order valence-electron chi connectivity index (χ3n) is 2.98. The molecular weight excluding hydrogens is 254 g/mol. The highest BCUT2D eigenvalue weighted by molar-refractivity contribution is 7.99. The molecule has 3 nitrogen and oxygen atoms in total. The first kappa shape index (κ1) is 14.0. The Morgan fingerprint density at radius 3 is 2.53 bits per heavy atom. The summed E-state index contributed by atoms with van der Waals surface area (Å²) >= 11 is 1.68. The quantitative estimate of drug-likeness (QED) is 0.671. The van der Waals surface area contributed by atoms with Gasteiger partial charge in [0.2, 0.25) is 0 Å². The zero-order valence-corrected chi connectivity index (χ0v) is 12.4. The molecule has 0 aliphatic carbocycles. The van der Waals surface area contributed by atoms with Gasteiger partial charge in [-0.2, -0.15) is 0 Å². The van der Waals surface area contributed by atoms with E-state index in [1.807, 2.05) is 26.2 Å². The average molecular weight is 273 g/mol. The molecule has 0 aliphatic rings. The molecule has 0 spiro atoms. The molecule has 0 amide bonds. The Labute approximate surface area is 118 Å². The van der Waals surface area contributed by atoms with E-state index in [1.54, 1.807) is 11.8 Å². The molecule has 0 bridgehead atoms. The second-order valence-electron chi connectivity index (χ2n) is 4.54. The molecule has 0 saturated heterocycles. The molecule has 2 aromatic rings. The lowest BCUT2D eigenvalue weighted by Gasteiger charge is -2.16. The van der Waals surface area contributed by atoms with Crippen molar-refractivity contribution in [3.63, 3.8) is 0 Å². The smallest absolute Gasteiger partial charge is 0.187 e. The largest absolute Gasteiger partial charge is 0.312 e. The van der Waals surface area contributed by atoms with Gasteiger partial charge in [-0.15, -0.1) is 0 Å². The van der Waals surface area contributed by atoms with Crippen LogP contribution in [0.4, 0.5) is 0 Å². The lowest BCUT2D eigenvalue weighted by Crippen LogP contribution is -2.18. The molecule has 0 radical (unpaired) electrons. The number of aryl methyl sites for hydroxylation is 2. The first-order chi connectivity index (χ1) is 9.19. The number of rotatable bonds is 5. The van der Waals surface area contributed by atoms with E-state index in [2.05, 4.69) is 46.5 Å². The Bertz CT molecular complexity index is 525. The number of aromatic nitrogens is 2. The minimum atomic E-state index is 0.315. The first-order valence-electron chi connectivity index (χ1n) is 6.35. The fourth-order valence-electron chi connectivity index (χ4n) is 1.80. The van der Waals surface area contributed by atoms with E-state index >= 15 is 0 Å². The zero-order chi connectivity index (χ0) is 13.7. The summed E-state index contributed by atoms with van der Waals surface area (Å²) in [5.74, 6) is 0.920. The lowest BCUT2D eigenvalue weighted by atomic mass is 10.1. The van der Waals surface area contributed by atoms with Crippen molar-refractivity contribution in [1.82, 2.24) is 15.3 Å². The van der Waals surface area contributed by atoms with Crippen LogP contribution < -0.4 is 5.32 Å². The fraction of sp³-hybridized carbons (Fsp3) is 0.333. The number of nitrogens with one attached hydrogen (secondary N) is 1. The summed E-state index contributed by atoms with van der Waals surface area (Å²) in [6.45, 7) is 4.09. The minimum Gasteiger partial charge on any atom is -0.312 e. The molecule has 1 N–H and O–H groups in total. The van der Waals surface area contributed by atoms with Crippen molar-refractivity contribution in [1.29, 1.82) is 0 Å². The van der Waals surface area contributed by atoms with Crippen LogP contribution in [0.5, 0.6) is 0 Å². The van der Waals surface area contributed by atoms with Gasteiger partial charge in [0.15, 0.2) is 5.16 Å². The highest BCUT2D eigenvalue weighted by Crippen LogP contribution is 2.22. The summed E-state index contributed by atoms with van der Waals surface area (Å²) in [6.07, 6.45) is 1.81. The van der Waals surface area contributed by atoms with Crippen molar-refractivity contribution in [2.75, 3.05) is 12.8 Å². The Hall–Kier alpha value is -1.39. The van der Waals surface area contributed by atoms with Gasteiger partial charge >= 0.3 is 0 Å².